The van der Waals surface area contributed by atoms with Gasteiger partial charge in [0.15, 0.2) is 5.82 Å². The molecule has 1 aliphatic carbocycles. The molecule has 3 rings (SSSR count). The first-order valence-corrected chi connectivity index (χ1v) is 5.90. The van der Waals surface area contributed by atoms with Crippen LogP contribution in [-0.4, -0.2) is 26.2 Å². The highest BCUT2D eigenvalue weighted by atomic mass is 15.5. The lowest BCUT2D eigenvalue weighted by molar-refractivity contribution is 0.637. The predicted molar refractivity (Wildman–Crippen MR) is 63.8 cm³/mol. The Hall–Kier alpha value is -1.75. The van der Waals surface area contributed by atoms with Crippen molar-refractivity contribution in [1.29, 1.82) is 0 Å². The number of rotatable bonds is 4. The lowest BCUT2D eigenvalue weighted by Crippen LogP contribution is -2.18. The third kappa shape index (κ3) is 2.34. The summed E-state index contributed by atoms with van der Waals surface area (Å²) in [7, 11) is 0. The van der Waals surface area contributed by atoms with Crippen LogP contribution < -0.4 is 5.32 Å². The quantitative estimate of drug-likeness (QED) is 0.856. The number of hydrogen-bond donors (Lipinski definition) is 1. The van der Waals surface area contributed by atoms with E-state index in [1.807, 2.05) is 12.1 Å². The van der Waals surface area contributed by atoms with Gasteiger partial charge in [-0.2, -0.15) is 4.68 Å². The second kappa shape index (κ2) is 4.25. The zero-order chi connectivity index (χ0) is 11.7. The Morgan fingerprint density at radius 1 is 1.29 bits per heavy atom. The molecule has 1 saturated carbocycles. The molecule has 1 aromatic carbocycles. The first-order chi connectivity index (χ1) is 8.33. The smallest absolute Gasteiger partial charge is 0.170 e. The topological polar surface area (TPSA) is 55.6 Å². The molecule has 0 atom stereocenters. The summed E-state index contributed by atoms with van der Waals surface area (Å²) in [4.78, 5) is 0. The van der Waals surface area contributed by atoms with Crippen LogP contribution in [0.2, 0.25) is 0 Å². The Morgan fingerprint density at radius 3 is 2.76 bits per heavy atom. The standard InChI is InChI=1S/C12H15N5/c1-9-2-6-11(7-3-9)17-12(14-15-16-17)8-13-10-4-5-10/h2-3,6-7,10,13H,4-5,8H2,1H3. The first-order valence-electron chi connectivity index (χ1n) is 5.90. The van der Waals surface area contributed by atoms with Crippen molar-refractivity contribution < 1.29 is 0 Å². The van der Waals surface area contributed by atoms with E-state index in [2.05, 4.69) is 39.9 Å². The maximum Gasteiger partial charge on any atom is 0.170 e. The van der Waals surface area contributed by atoms with E-state index in [-0.39, 0.29) is 0 Å². The molecule has 88 valence electrons. The van der Waals surface area contributed by atoms with Crippen LogP contribution in [-0.2, 0) is 6.54 Å². The average molecular weight is 229 g/mol. The number of hydrogen-bond acceptors (Lipinski definition) is 4. The van der Waals surface area contributed by atoms with Crippen LogP contribution in [0.5, 0.6) is 0 Å². The van der Waals surface area contributed by atoms with Gasteiger partial charge in [-0.1, -0.05) is 17.7 Å². The van der Waals surface area contributed by atoms with Gasteiger partial charge in [0.25, 0.3) is 0 Å². The number of aromatic nitrogens is 4. The Bertz CT molecular complexity index is 498. The van der Waals surface area contributed by atoms with Gasteiger partial charge < -0.3 is 5.32 Å². The fraction of sp³-hybridized carbons (Fsp3) is 0.417. The number of benzene rings is 1. The van der Waals surface area contributed by atoms with Crippen molar-refractivity contribution in [3.05, 3.63) is 35.7 Å². The van der Waals surface area contributed by atoms with Crippen LogP contribution in [0, 0.1) is 6.92 Å². The van der Waals surface area contributed by atoms with Crippen molar-refractivity contribution in [1.82, 2.24) is 25.5 Å². The van der Waals surface area contributed by atoms with Gasteiger partial charge in [0.1, 0.15) is 0 Å². The molecular weight excluding hydrogens is 214 g/mol. The molecule has 0 saturated heterocycles. The van der Waals surface area contributed by atoms with Gasteiger partial charge in [-0.05, 0) is 42.3 Å². The van der Waals surface area contributed by atoms with E-state index >= 15 is 0 Å². The fourth-order valence-electron chi connectivity index (χ4n) is 1.73. The lowest BCUT2D eigenvalue weighted by Gasteiger charge is -2.05. The monoisotopic (exact) mass is 229 g/mol. The minimum Gasteiger partial charge on any atom is -0.307 e. The van der Waals surface area contributed by atoms with E-state index in [0.717, 1.165) is 18.1 Å². The van der Waals surface area contributed by atoms with E-state index in [4.69, 9.17) is 0 Å². The van der Waals surface area contributed by atoms with Crippen LogP contribution >= 0.6 is 0 Å². The van der Waals surface area contributed by atoms with Gasteiger partial charge in [0.2, 0.25) is 0 Å². The largest absolute Gasteiger partial charge is 0.307 e. The summed E-state index contributed by atoms with van der Waals surface area (Å²) in [5.74, 6) is 0.862. The summed E-state index contributed by atoms with van der Waals surface area (Å²) in [5.41, 5.74) is 2.24. The number of nitrogens with zero attached hydrogens (tertiary/aromatic N) is 4. The molecule has 1 aromatic heterocycles. The Morgan fingerprint density at radius 2 is 2.06 bits per heavy atom. The molecular formula is C12H15N5. The molecule has 17 heavy (non-hydrogen) atoms. The van der Waals surface area contributed by atoms with Crippen molar-refractivity contribution >= 4 is 0 Å². The average Bonchev–Trinajstić information content (AvgIpc) is 3.06. The van der Waals surface area contributed by atoms with Crippen molar-refractivity contribution in [3.8, 4) is 5.69 Å². The molecule has 1 N–H and O–H groups in total. The molecule has 5 heteroatoms. The number of nitrogens with one attached hydrogen (secondary N) is 1. The predicted octanol–water partition coefficient (Wildman–Crippen LogP) is 1.22. The van der Waals surface area contributed by atoms with Crippen LogP contribution in [0.1, 0.15) is 24.2 Å². The van der Waals surface area contributed by atoms with Crippen molar-refractivity contribution in [2.24, 2.45) is 0 Å². The van der Waals surface area contributed by atoms with E-state index in [1.165, 1.54) is 18.4 Å². The molecule has 2 aromatic rings. The summed E-state index contributed by atoms with van der Waals surface area (Å²) in [6.45, 7) is 2.80. The molecule has 0 bridgehead atoms. The van der Waals surface area contributed by atoms with Crippen LogP contribution in [0.3, 0.4) is 0 Å². The highest BCUT2D eigenvalue weighted by Crippen LogP contribution is 2.19. The minimum atomic E-state index is 0.665. The van der Waals surface area contributed by atoms with E-state index < -0.39 is 0 Å². The molecule has 0 unspecified atom stereocenters. The molecule has 5 nitrogen and oxygen atoms in total. The summed E-state index contributed by atoms with van der Waals surface area (Å²) >= 11 is 0. The lowest BCUT2D eigenvalue weighted by atomic mass is 10.2. The molecule has 0 aliphatic heterocycles. The number of tetrazole rings is 1. The highest BCUT2D eigenvalue weighted by Gasteiger charge is 2.21. The Balaban J connectivity index is 1.81. The third-order valence-corrected chi connectivity index (χ3v) is 2.94. The normalized spacial score (nSPS) is 15.1. The molecule has 0 radical (unpaired) electrons. The van der Waals surface area contributed by atoms with E-state index in [0.29, 0.717) is 6.04 Å². The van der Waals surface area contributed by atoms with Crippen molar-refractivity contribution in [2.45, 2.75) is 32.4 Å². The molecule has 0 amide bonds. The van der Waals surface area contributed by atoms with Gasteiger partial charge >= 0.3 is 0 Å². The van der Waals surface area contributed by atoms with E-state index in [9.17, 15) is 0 Å². The maximum absolute atomic E-state index is 4.05. The van der Waals surface area contributed by atoms with Crippen LogP contribution in [0.25, 0.3) is 5.69 Å². The molecule has 1 aliphatic rings. The summed E-state index contributed by atoms with van der Waals surface area (Å²) in [5, 5.41) is 15.2. The Kier molecular flexibility index (Phi) is 2.60. The maximum atomic E-state index is 4.05. The van der Waals surface area contributed by atoms with E-state index in [1.54, 1.807) is 4.68 Å². The second-order valence-corrected chi connectivity index (χ2v) is 4.50. The summed E-state index contributed by atoms with van der Waals surface area (Å²) in [6, 6.07) is 8.86. The minimum absolute atomic E-state index is 0.665. The van der Waals surface area contributed by atoms with Gasteiger partial charge in [0.05, 0.1) is 12.2 Å². The van der Waals surface area contributed by atoms with Crippen LogP contribution in [0.15, 0.2) is 24.3 Å². The van der Waals surface area contributed by atoms with Gasteiger partial charge in [-0.25, -0.2) is 0 Å². The molecule has 0 spiro atoms. The van der Waals surface area contributed by atoms with Crippen LogP contribution in [0.4, 0.5) is 0 Å². The summed E-state index contributed by atoms with van der Waals surface area (Å²) in [6.07, 6.45) is 2.54. The first kappa shape index (κ1) is 10.4. The van der Waals surface area contributed by atoms with Gasteiger partial charge in [-0.15, -0.1) is 5.10 Å². The SMILES string of the molecule is Cc1ccc(-n2nnnc2CNC2CC2)cc1. The fourth-order valence-corrected chi connectivity index (χ4v) is 1.73. The highest BCUT2D eigenvalue weighted by molar-refractivity contribution is 5.33. The third-order valence-electron chi connectivity index (χ3n) is 2.94. The zero-order valence-electron chi connectivity index (χ0n) is 9.80. The molecule has 1 fully saturated rings. The zero-order valence-corrected chi connectivity index (χ0v) is 9.80. The summed E-state index contributed by atoms with van der Waals surface area (Å²) < 4.78 is 1.79. The van der Waals surface area contributed by atoms with Gasteiger partial charge in [0, 0.05) is 6.04 Å². The molecule has 1 heterocycles. The van der Waals surface area contributed by atoms with Gasteiger partial charge in [-0.3, -0.25) is 0 Å². The Labute approximate surface area is 99.8 Å². The van der Waals surface area contributed by atoms with Crippen molar-refractivity contribution in [2.75, 3.05) is 0 Å². The second-order valence-electron chi connectivity index (χ2n) is 4.50. The number of aryl methyl sites for hydroxylation is 1. The van der Waals surface area contributed by atoms with Crippen molar-refractivity contribution in [3.63, 3.8) is 0 Å².